The second-order valence-electron chi connectivity index (χ2n) is 2.51. The highest BCUT2D eigenvalue weighted by Crippen LogP contribution is 2.08. The van der Waals surface area contributed by atoms with Gasteiger partial charge >= 0.3 is 0 Å². The summed E-state index contributed by atoms with van der Waals surface area (Å²) in [5.41, 5.74) is 0. The second kappa shape index (κ2) is 5.33. The van der Waals surface area contributed by atoms with E-state index in [9.17, 15) is 0 Å². The average molecular weight is 176 g/mol. The van der Waals surface area contributed by atoms with E-state index in [1.54, 1.807) is 0 Å². The van der Waals surface area contributed by atoms with Crippen molar-refractivity contribution in [3.63, 3.8) is 0 Å². The summed E-state index contributed by atoms with van der Waals surface area (Å²) in [5.74, 6) is 3.55. The summed E-state index contributed by atoms with van der Waals surface area (Å²) in [6, 6.07) is 0. The molecule has 1 aliphatic heterocycles. The molecule has 0 spiro atoms. The Kier molecular flexibility index (Phi) is 4.66. The van der Waals surface area contributed by atoms with Gasteiger partial charge in [-0.15, -0.1) is 0 Å². The van der Waals surface area contributed by atoms with Crippen LogP contribution in [0.25, 0.3) is 0 Å². The van der Waals surface area contributed by atoms with Crippen LogP contribution in [0.2, 0.25) is 0 Å². The normalized spacial score (nSPS) is 21.3. The molecule has 1 nitrogen and oxygen atoms in total. The fourth-order valence-electron chi connectivity index (χ4n) is 1.11. The van der Waals surface area contributed by atoms with Crippen LogP contribution in [0.3, 0.4) is 0 Å². The molecular formula is C7H14NS2. The molecule has 0 saturated carbocycles. The molecule has 0 N–H and O–H groups in total. The third-order valence-electron chi connectivity index (χ3n) is 1.72. The maximum absolute atomic E-state index is 4.89. The standard InChI is InChI=1S/C7H14NS2/c9-5-1-2-8-3-6-10-7-4-8/h1-7H2. The minimum absolute atomic E-state index is 0.920. The predicted molar refractivity (Wildman–Crippen MR) is 50.8 cm³/mol. The Morgan fingerprint density at radius 1 is 1.30 bits per heavy atom. The topological polar surface area (TPSA) is 3.24 Å². The van der Waals surface area contributed by atoms with Crippen molar-refractivity contribution in [3.05, 3.63) is 0 Å². The van der Waals surface area contributed by atoms with Crippen molar-refractivity contribution in [1.82, 2.24) is 4.90 Å². The summed E-state index contributed by atoms with van der Waals surface area (Å²) < 4.78 is 0. The van der Waals surface area contributed by atoms with Crippen LogP contribution in [0.5, 0.6) is 0 Å². The molecule has 1 fully saturated rings. The lowest BCUT2D eigenvalue weighted by molar-refractivity contribution is 0.304. The molecule has 0 amide bonds. The summed E-state index contributed by atoms with van der Waals surface area (Å²) in [6.07, 6.45) is 1.19. The van der Waals surface area contributed by atoms with Gasteiger partial charge in [0.05, 0.1) is 0 Å². The number of thioether (sulfide) groups is 1. The lowest BCUT2D eigenvalue weighted by atomic mass is 10.4. The van der Waals surface area contributed by atoms with Crippen LogP contribution in [0.15, 0.2) is 0 Å². The predicted octanol–water partition coefficient (Wildman–Crippen LogP) is 1.62. The molecule has 0 atom stereocenters. The van der Waals surface area contributed by atoms with E-state index in [1.165, 1.54) is 37.6 Å². The SMILES string of the molecule is [S]CCCN1CCSCC1. The van der Waals surface area contributed by atoms with Crippen molar-refractivity contribution in [2.24, 2.45) is 0 Å². The van der Waals surface area contributed by atoms with E-state index in [1.807, 2.05) is 0 Å². The van der Waals surface area contributed by atoms with Gasteiger partial charge in [0.1, 0.15) is 0 Å². The molecule has 0 unspecified atom stereocenters. The molecule has 3 heteroatoms. The highest BCUT2D eigenvalue weighted by atomic mass is 32.2. The lowest BCUT2D eigenvalue weighted by Gasteiger charge is -2.25. The van der Waals surface area contributed by atoms with E-state index < -0.39 is 0 Å². The second-order valence-corrected chi connectivity index (χ2v) is 4.14. The molecule has 0 aromatic heterocycles. The van der Waals surface area contributed by atoms with Crippen LogP contribution in [-0.2, 0) is 0 Å². The molecule has 0 aromatic rings. The molecule has 1 aliphatic rings. The fourth-order valence-corrected chi connectivity index (χ4v) is 2.22. The molecule has 1 heterocycles. The Labute approximate surface area is 73.0 Å². The summed E-state index contributed by atoms with van der Waals surface area (Å²) in [6.45, 7) is 3.78. The highest BCUT2D eigenvalue weighted by Gasteiger charge is 2.08. The van der Waals surface area contributed by atoms with Crippen molar-refractivity contribution in [3.8, 4) is 0 Å². The van der Waals surface area contributed by atoms with Crippen molar-refractivity contribution in [2.45, 2.75) is 6.42 Å². The number of hydrogen-bond donors (Lipinski definition) is 0. The molecule has 1 radical (unpaired) electrons. The zero-order chi connectivity index (χ0) is 7.23. The first-order valence-electron chi connectivity index (χ1n) is 3.81. The van der Waals surface area contributed by atoms with Gasteiger partial charge in [0.25, 0.3) is 0 Å². The molecule has 1 saturated heterocycles. The number of hydrogen-bond acceptors (Lipinski definition) is 2. The highest BCUT2D eigenvalue weighted by molar-refractivity contribution is 7.99. The third kappa shape index (κ3) is 3.17. The number of nitrogens with zero attached hydrogens (tertiary/aromatic N) is 1. The van der Waals surface area contributed by atoms with Crippen molar-refractivity contribution >= 4 is 24.4 Å². The van der Waals surface area contributed by atoms with Gasteiger partial charge in [-0.25, -0.2) is 0 Å². The van der Waals surface area contributed by atoms with Gasteiger partial charge in [0.2, 0.25) is 0 Å². The zero-order valence-electron chi connectivity index (χ0n) is 6.21. The Morgan fingerprint density at radius 2 is 2.00 bits per heavy atom. The van der Waals surface area contributed by atoms with Gasteiger partial charge in [0.15, 0.2) is 0 Å². The fraction of sp³-hybridized carbons (Fsp3) is 1.00. The Bertz CT molecular complexity index is 81.7. The average Bonchev–Trinajstić information content (AvgIpc) is 2.03. The van der Waals surface area contributed by atoms with Crippen molar-refractivity contribution < 1.29 is 0 Å². The van der Waals surface area contributed by atoms with E-state index in [-0.39, 0.29) is 0 Å². The summed E-state index contributed by atoms with van der Waals surface area (Å²) in [7, 11) is 0. The molecule has 1 rings (SSSR count). The van der Waals surface area contributed by atoms with Gasteiger partial charge in [-0.3, -0.25) is 0 Å². The van der Waals surface area contributed by atoms with Gasteiger partial charge in [-0.2, -0.15) is 11.8 Å². The van der Waals surface area contributed by atoms with Crippen LogP contribution in [0.1, 0.15) is 6.42 Å². The van der Waals surface area contributed by atoms with Crippen LogP contribution in [0.4, 0.5) is 0 Å². The lowest BCUT2D eigenvalue weighted by Crippen LogP contribution is -2.33. The van der Waals surface area contributed by atoms with E-state index >= 15 is 0 Å². The summed E-state index contributed by atoms with van der Waals surface area (Å²) in [4.78, 5) is 2.52. The summed E-state index contributed by atoms with van der Waals surface area (Å²) >= 11 is 6.95. The maximum atomic E-state index is 4.89. The van der Waals surface area contributed by atoms with E-state index in [0.717, 1.165) is 5.75 Å². The van der Waals surface area contributed by atoms with Crippen LogP contribution in [0, 0.1) is 0 Å². The Morgan fingerprint density at radius 3 is 2.60 bits per heavy atom. The molecular weight excluding hydrogens is 162 g/mol. The van der Waals surface area contributed by atoms with Gasteiger partial charge < -0.3 is 4.90 Å². The Balaban J connectivity index is 2.02. The Hall–Kier alpha value is 0.660. The first-order chi connectivity index (χ1) is 4.93. The minimum atomic E-state index is 0.920. The van der Waals surface area contributed by atoms with E-state index in [4.69, 9.17) is 12.6 Å². The third-order valence-corrected chi connectivity index (χ3v) is 2.95. The van der Waals surface area contributed by atoms with Crippen LogP contribution in [-0.4, -0.2) is 41.8 Å². The molecule has 0 bridgehead atoms. The molecule has 10 heavy (non-hydrogen) atoms. The minimum Gasteiger partial charge on any atom is -0.302 e. The van der Waals surface area contributed by atoms with E-state index in [2.05, 4.69) is 16.7 Å². The number of rotatable bonds is 3. The summed E-state index contributed by atoms with van der Waals surface area (Å²) in [5, 5.41) is 0. The molecule has 59 valence electrons. The molecule has 0 aliphatic carbocycles. The van der Waals surface area contributed by atoms with Crippen molar-refractivity contribution in [1.29, 1.82) is 0 Å². The van der Waals surface area contributed by atoms with Crippen LogP contribution < -0.4 is 0 Å². The smallest absolute Gasteiger partial charge is 0.00727 e. The maximum Gasteiger partial charge on any atom is 0.00727 e. The van der Waals surface area contributed by atoms with Gasteiger partial charge in [-0.05, 0) is 13.0 Å². The van der Waals surface area contributed by atoms with Crippen LogP contribution >= 0.6 is 24.4 Å². The quantitative estimate of drug-likeness (QED) is 0.643. The van der Waals surface area contributed by atoms with Crippen molar-refractivity contribution in [2.75, 3.05) is 36.9 Å². The largest absolute Gasteiger partial charge is 0.302 e. The first-order valence-corrected chi connectivity index (χ1v) is 5.55. The first kappa shape index (κ1) is 8.75. The monoisotopic (exact) mass is 176 g/mol. The molecule has 0 aromatic carbocycles. The van der Waals surface area contributed by atoms with Gasteiger partial charge in [0, 0.05) is 30.3 Å². The zero-order valence-corrected chi connectivity index (χ0v) is 7.85. The van der Waals surface area contributed by atoms with Gasteiger partial charge in [-0.1, -0.05) is 12.6 Å². The van der Waals surface area contributed by atoms with E-state index in [0.29, 0.717) is 0 Å².